The van der Waals surface area contributed by atoms with Crippen LogP contribution in [-0.4, -0.2) is 45.1 Å². The zero-order valence-corrected chi connectivity index (χ0v) is 20.2. The van der Waals surface area contributed by atoms with Gasteiger partial charge >= 0.3 is 0 Å². The van der Waals surface area contributed by atoms with Crippen LogP contribution in [0, 0.1) is 13.8 Å². The lowest BCUT2D eigenvalue weighted by molar-refractivity contribution is -0.121. The minimum Gasteiger partial charge on any atom is -0.352 e. The highest BCUT2D eigenvalue weighted by atomic mass is 32.2. The minimum absolute atomic E-state index is 0.0689. The van der Waals surface area contributed by atoms with Crippen molar-refractivity contribution in [3.05, 3.63) is 64.7 Å². The summed E-state index contributed by atoms with van der Waals surface area (Å²) < 4.78 is 26.1. The van der Waals surface area contributed by atoms with Gasteiger partial charge in [-0.3, -0.25) is 14.0 Å². The monoisotopic (exact) mass is 457 g/mol. The number of hydrogen-bond acceptors (Lipinski definition) is 4. The van der Waals surface area contributed by atoms with Gasteiger partial charge < -0.3 is 5.32 Å². The van der Waals surface area contributed by atoms with E-state index in [1.54, 1.807) is 0 Å². The third kappa shape index (κ3) is 7.07. The molecule has 2 aromatic rings. The first kappa shape index (κ1) is 24.3. The van der Waals surface area contributed by atoms with Crippen LogP contribution in [0.1, 0.15) is 47.9 Å². The Hall–Kier alpha value is -2.38. The first-order valence-electron chi connectivity index (χ1n) is 11.3. The van der Waals surface area contributed by atoms with Crippen molar-refractivity contribution < 1.29 is 13.2 Å². The zero-order chi connectivity index (χ0) is 23.1. The summed E-state index contributed by atoms with van der Waals surface area (Å²) in [4.78, 5) is 14.8. The van der Waals surface area contributed by atoms with Crippen LogP contribution in [0.5, 0.6) is 0 Å². The molecule has 0 saturated carbocycles. The Morgan fingerprint density at radius 3 is 2.34 bits per heavy atom. The molecule has 1 N–H and O–H groups in total. The quantitative estimate of drug-likeness (QED) is 0.590. The van der Waals surface area contributed by atoms with Crippen LogP contribution in [0.3, 0.4) is 0 Å². The smallest absolute Gasteiger partial charge is 0.232 e. The average Bonchev–Trinajstić information content (AvgIpc) is 3.25. The lowest BCUT2D eigenvalue weighted by Crippen LogP contribution is -2.32. The normalized spacial score (nSPS) is 14.5. The minimum atomic E-state index is -3.43. The van der Waals surface area contributed by atoms with E-state index in [2.05, 4.69) is 34.5 Å². The molecule has 1 heterocycles. The molecule has 0 bridgehead atoms. The van der Waals surface area contributed by atoms with E-state index < -0.39 is 10.0 Å². The van der Waals surface area contributed by atoms with E-state index in [1.807, 2.05) is 32.0 Å². The molecular weight excluding hydrogens is 422 g/mol. The maximum Gasteiger partial charge on any atom is 0.232 e. The van der Waals surface area contributed by atoms with E-state index in [9.17, 15) is 13.2 Å². The Bertz CT molecular complexity index is 1010. The van der Waals surface area contributed by atoms with E-state index in [0.717, 1.165) is 23.2 Å². The Balaban J connectivity index is 1.47. The number of carbonyl (C=O) groups excluding carboxylic acids is 1. The number of hydrogen-bond donors (Lipinski definition) is 1. The number of nitrogens with one attached hydrogen (secondary N) is 1. The number of nitrogens with zero attached hydrogens (tertiary/aromatic N) is 2. The van der Waals surface area contributed by atoms with Gasteiger partial charge in [0.1, 0.15) is 0 Å². The fourth-order valence-electron chi connectivity index (χ4n) is 4.09. The van der Waals surface area contributed by atoms with Crippen LogP contribution in [0.2, 0.25) is 0 Å². The van der Waals surface area contributed by atoms with Crippen LogP contribution in [-0.2, 0) is 27.9 Å². The van der Waals surface area contributed by atoms with Crippen molar-refractivity contribution in [1.29, 1.82) is 0 Å². The Labute approximate surface area is 192 Å². The highest BCUT2D eigenvalue weighted by Gasteiger charge is 2.19. The molecule has 1 saturated heterocycles. The molecule has 0 aliphatic carbocycles. The van der Waals surface area contributed by atoms with Gasteiger partial charge in [0, 0.05) is 26.1 Å². The first-order valence-corrected chi connectivity index (χ1v) is 13.2. The number of rotatable bonds is 10. The number of sulfonamides is 1. The van der Waals surface area contributed by atoms with Gasteiger partial charge in [-0.15, -0.1) is 0 Å². The SMILES string of the molecule is Cc1ccc(C)c(N(CCCC(=O)NCc2ccc(CN3CCCC3)cc2)S(C)(=O)=O)c1. The summed E-state index contributed by atoms with van der Waals surface area (Å²) in [6.45, 7) is 7.95. The Morgan fingerprint density at radius 2 is 1.69 bits per heavy atom. The lowest BCUT2D eigenvalue weighted by Gasteiger charge is -2.24. The molecule has 1 aliphatic heterocycles. The molecule has 3 rings (SSSR count). The molecule has 0 radical (unpaired) electrons. The average molecular weight is 458 g/mol. The maximum atomic E-state index is 12.3. The molecule has 1 amide bonds. The summed E-state index contributed by atoms with van der Waals surface area (Å²) in [6.07, 6.45) is 4.53. The predicted molar refractivity (Wildman–Crippen MR) is 130 cm³/mol. The molecule has 0 unspecified atom stereocenters. The van der Waals surface area contributed by atoms with E-state index in [4.69, 9.17) is 0 Å². The van der Waals surface area contributed by atoms with Crippen LogP contribution < -0.4 is 9.62 Å². The summed E-state index contributed by atoms with van der Waals surface area (Å²) in [5, 5.41) is 2.95. The topological polar surface area (TPSA) is 69.7 Å². The van der Waals surface area contributed by atoms with Crippen LogP contribution >= 0.6 is 0 Å². The number of carbonyl (C=O) groups is 1. The highest BCUT2D eigenvalue weighted by molar-refractivity contribution is 7.92. The van der Waals surface area contributed by atoms with Gasteiger partial charge in [0.25, 0.3) is 0 Å². The van der Waals surface area contributed by atoms with Crippen molar-refractivity contribution in [3.8, 4) is 0 Å². The standard InChI is InChI=1S/C25H35N3O3S/c1-20-8-9-21(2)24(17-20)28(32(3,30)31)16-6-7-25(29)26-18-22-10-12-23(13-11-22)19-27-14-4-5-15-27/h8-13,17H,4-7,14-16,18-19H2,1-3H3,(H,26,29). The molecule has 2 aromatic carbocycles. The second-order valence-electron chi connectivity index (χ2n) is 8.81. The molecular formula is C25H35N3O3S. The Morgan fingerprint density at radius 1 is 1.03 bits per heavy atom. The third-order valence-corrected chi connectivity index (χ3v) is 7.10. The fraction of sp³-hybridized carbons (Fsp3) is 0.480. The van der Waals surface area contributed by atoms with Crippen molar-refractivity contribution in [1.82, 2.24) is 10.2 Å². The van der Waals surface area contributed by atoms with E-state index in [-0.39, 0.29) is 18.9 Å². The molecule has 1 fully saturated rings. The number of likely N-dealkylation sites (tertiary alicyclic amines) is 1. The van der Waals surface area contributed by atoms with Crippen molar-refractivity contribution in [3.63, 3.8) is 0 Å². The zero-order valence-electron chi connectivity index (χ0n) is 19.4. The lowest BCUT2D eigenvalue weighted by atomic mass is 10.1. The third-order valence-electron chi connectivity index (χ3n) is 5.92. The van der Waals surface area contributed by atoms with Gasteiger partial charge in [0.15, 0.2) is 0 Å². The first-order chi connectivity index (χ1) is 15.2. The van der Waals surface area contributed by atoms with Crippen molar-refractivity contribution in [2.45, 2.75) is 52.6 Å². The number of anilines is 1. The van der Waals surface area contributed by atoms with Gasteiger partial charge in [0.2, 0.25) is 15.9 Å². The van der Waals surface area contributed by atoms with Crippen LogP contribution in [0.15, 0.2) is 42.5 Å². The summed E-state index contributed by atoms with van der Waals surface area (Å²) in [7, 11) is -3.43. The second-order valence-corrected chi connectivity index (χ2v) is 10.7. The molecule has 1 aliphatic rings. The van der Waals surface area contributed by atoms with E-state index >= 15 is 0 Å². The summed E-state index contributed by atoms with van der Waals surface area (Å²) in [5.41, 5.74) is 4.95. The second kappa shape index (κ2) is 11.0. The highest BCUT2D eigenvalue weighted by Crippen LogP contribution is 2.24. The van der Waals surface area contributed by atoms with Gasteiger partial charge in [0.05, 0.1) is 11.9 Å². The molecule has 174 valence electrons. The summed E-state index contributed by atoms with van der Waals surface area (Å²) >= 11 is 0. The predicted octanol–water partition coefficient (Wildman–Crippen LogP) is 3.76. The van der Waals surface area contributed by atoms with Crippen LogP contribution in [0.25, 0.3) is 0 Å². The van der Waals surface area contributed by atoms with Gasteiger partial charge in [-0.2, -0.15) is 0 Å². The van der Waals surface area contributed by atoms with Crippen molar-refractivity contribution >= 4 is 21.6 Å². The fourth-order valence-corrected chi connectivity index (χ4v) is 5.10. The van der Waals surface area contributed by atoms with E-state index in [0.29, 0.717) is 18.7 Å². The van der Waals surface area contributed by atoms with Crippen LogP contribution in [0.4, 0.5) is 5.69 Å². The summed E-state index contributed by atoms with van der Waals surface area (Å²) in [5.74, 6) is -0.0689. The largest absolute Gasteiger partial charge is 0.352 e. The molecule has 32 heavy (non-hydrogen) atoms. The van der Waals surface area contributed by atoms with Gasteiger partial charge in [-0.05, 0) is 74.5 Å². The molecule has 6 nitrogen and oxygen atoms in total. The molecule has 0 aromatic heterocycles. The molecule has 0 atom stereocenters. The van der Waals surface area contributed by atoms with E-state index in [1.165, 1.54) is 42.1 Å². The number of amides is 1. The molecule has 0 spiro atoms. The Kier molecular flexibility index (Phi) is 8.32. The van der Waals surface area contributed by atoms with Gasteiger partial charge in [-0.1, -0.05) is 36.4 Å². The molecule has 7 heteroatoms. The van der Waals surface area contributed by atoms with Crippen molar-refractivity contribution in [2.75, 3.05) is 30.2 Å². The summed E-state index contributed by atoms with van der Waals surface area (Å²) in [6, 6.07) is 14.2. The number of benzene rings is 2. The van der Waals surface area contributed by atoms with Gasteiger partial charge in [-0.25, -0.2) is 8.42 Å². The number of aryl methyl sites for hydroxylation is 2. The maximum absolute atomic E-state index is 12.3. The van der Waals surface area contributed by atoms with Crippen molar-refractivity contribution in [2.24, 2.45) is 0 Å².